The van der Waals surface area contributed by atoms with Crippen LogP contribution in [0.2, 0.25) is 0 Å². The van der Waals surface area contributed by atoms with E-state index in [0.717, 1.165) is 37.6 Å². The van der Waals surface area contributed by atoms with Gasteiger partial charge in [-0.15, -0.1) is 11.8 Å². The van der Waals surface area contributed by atoms with E-state index in [1.165, 1.54) is 0 Å². The first-order valence-electron chi connectivity index (χ1n) is 10.0. The van der Waals surface area contributed by atoms with Crippen molar-refractivity contribution < 1.29 is 13.2 Å². The summed E-state index contributed by atoms with van der Waals surface area (Å²) < 4.78 is 34.4. The zero-order chi connectivity index (χ0) is 20.3. The first-order chi connectivity index (χ1) is 13.3. The molecule has 1 N–H and O–H groups in total. The van der Waals surface area contributed by atoms with Crippen LogP contribution in [0.1, 0.15) is 56.3 Å². The number of aromatic nitrogens is 1. The molecule has 1 fully saturated rings. The monoisotopic (exact) mass is 406 g/mol. The maximum atomic E-state index is 12.8. The van der Waals surface area contributed by atoms with Crippen LogP contribution >= 0.6 is 0 Å². The SMILES string of the molecule is CC#CC1CCC(OC[C@@H]2[C@@H](NS(C)(=O)=O)CCc3ccc(C)c(=O)n32)CC1. The van der Waals surface area contributed by atoms with Crippen LogP contribution in [0.4, 0.5) is 0 Å². The van der Waals surface area contributed by atoms with Gasteiger partial charge in [0, 0.05) is 23.2 Å². The van der Waals surface area contributed by atoms with Crippen LogP contribution in [0.5, 0.6) is 0 Å². The van der Waals surface area contributed by atoms with E-state index in [-0.39, 0.29) is 23.7 Å². The van der Waals surface area contributed by atoms with Crippen molar-refractivity contribution in [3.8, 4) is 11.8 Å². The predicted molar refractivity (Wildman–Crippen MR) is 110 cm³/mol. The highest BCUT2D eigenvalue weighted by Gasteiger charge is 2.33. The number of fused-ring (bicyclic) bond motifs is 1. The van der Waals surface area contributed by atoms with E-state index < -0.39 is 10.0 Å². The molecular formula is C21H30N2O4S. The molecule has 1 aliphatic carbocycles. The molecule has 1 aromatic rings. The third-order valence-corrected chi connectivity index (χ3v) is 6.52. The first kappa shape index (κ1) is 21.1. The number of pyridine rings is 1. The Balaban J connectivity index is 1.78. The van der Waals surface area contributed by atoms with Crippen molar-refractivity contribution in [2.75, 3.05) is 12.9 Å². The molecule has 2 aliphatic rings. The maximum Gasteiger partial charge on any atom is 0.254 e. The number of rotatable bonds is 5. The quantitative estimate of drug-likeness (QED) is 0.760. The van der Waals surface area contributed by atoms with E-state index in [2.05, 4.69) is 16.6 Å². The molecule has 7 heteroatoms. The molecule has 0 radical (unpaired) electrons. The van der Waals surface area contributed by atoms with Crippen LogP contribution in [-0.2, 0) is 21.2 Å². The van der Waals surface area contributed by atoms with Crippen LogP contribution in [0.25, 0.3) is 0 Å². The number of hydrogen-bond donors (Lipinski definition) is 1. The molecule has 1 aliphatic heterocycles. The fraction of sp³-hybridized carbons (Fsp3) is 0.667. The lowest BCUT2D eigenvalue weighted by molar-refractivity contribution is -0.00298. The zero-order valence-electron chi connectivity index (χ0n) is 16.9. The third-order valence-electron chi connectivity index (χ3n) is 5.79. The highest BCUT2D eigenvalue weighted by molar-refractivity contribution is 7.88. The second kappa shape index (κ2) is 8.81. The lowest BCUT2D eigenvalue weighted by Gasteiger charge is -2.36. The molecule has 1 aromatic heterocycles. The fourth-order valence-corrected chi connectivity index (χ4v) is 5.18. The van der Waals surface area contributed by atoms with E-state index >= 15 is 0 Å². The molecule has 2 atom stereocenters. The number of hydrogen-bond acceptors (Lipinski definition) is 4. The minimum Gasteiger partial charge on any atom is -0.376 e. The van der Waals surface area contributed by atoms with Crippen molar-refractivity contribution in [2.45, 2.75) is 70.6 Å². The van der Waals surface area contributed by atoms with Gasteiger partial charge in [-0.1, -0.05) is 6.07 Å². The van der Waals surface area contributed by atoms with Gasteiger partial charge in [0.2, 0.25) is 10.0 Å². The van der Waals surface area contributed by atoms with Crippen molar-refractivity contribution in [3.05, 3.63) is 33.7 Å². The van der Waals surface area contributed by atoms with Crippen LogP contribution in [0.15, 0.2) is 16.9 Å². The van der Waals surface area contributed by atoms with Crippen molar-refractivity contribution in [3.63, 3.8) is 0 Å². The van der Waals surface area contributed by atoms with E-state index in [0.29, 0.717) is 30.9 Å². The van der Waals surface area contributed by atoms with Gasteiger partial charge >= 0.3 is 0 Å². The van der Waals surface area contributed by atoms with Gasteiger partial charge in [0.15, 0.2) is 0 Å². The maximum absolute atomic E-state index is 12.8. The molecule has 0 saturated heterocycles. The summed E-state index contributed by atoms with van der Waals surface area (Å²) >= 11 is 0. The van der Waals surface area contributed by atoms with Gasteiger partial charge in [0.05, 0.1) is 25.0 Å². The number of nitrogens with one attached hydrogen (secondary N) is 1. The summed E-state index contributed by atoms with van der Waals surface area (Å²) in [5.74, 6) is 6.68. The van der Waals surface area contributed by atoms with E-state index in [1.807, 2.05) is 19.1 Å². The van der Waals surface area contributed by atoms with Gasteiger partial charge in [-0.25, -0.2) is 13.1 Å². The lowest BCUT2D eigenvalue weighted by atomic mass is 9.88. The Labute approximate surface area is 167 Å². The second-order valence-electron chi connectivity index (χ2n) is 7.99. The molecule has 6 nitrogen and oxygen atoms in total. The molecule has 0 unspecified atom stereocenters. The largest absolute Gasteiger partial charge is 0.376 e. The minimum atomic E-state index is -3.38. The Morgan fingerprint density at radius 1 is 1.21 bits per heavy atom. The molecule has 154 valence electrons. The average molecular weight is 407 g/mol. The lowest BCUT2D eigenvalue weighted by Crippen LogP contribution is -2.49. The number of aryl methyl sites for hydroxylation is 2. The molecular weight excluding hydrogens is 376 g/mol. The fourth-order valence-electron chi connectivity index (χ4n) is 4.35. The Kier molecular flexibility index (Phi) is 6.64. The highest BCUT2D eigenvalue weighted by Crippen LogP contribution is 2.29. The summed E-state index contributed by atoms with van der Waals surface area (Å²) in [6, 6.07) is 3.13. The Morgan fingerprint density at radius 2 is 1.93 bits per heavy atom. The second-order valence-corrected chi connectivity index (χ2v) is 9.77. The number of nitrogens with zero attached hydrogens (tertiary/aromatic N) is 1. The van der Waals surface area contributed by atoms with Crippen molar-refractivity contribution >= 4 is 10.0 Å². The summed E-state index contributed by atoms with van der Waals surface area (Å²) in [5, 5.41) is 0. The van der Waals surface area contributed by atoms with Crippen molar-refractivity contribution in [2.24, 2.45) is 5.92 Å². The van der Waals surface area contributed by atoms with Gasteiger partial charge in [-0.2, -0.15) is 0 Å². The predicted octanol–water partition coefficient (Wildman–Crippen LogP) is 2.16. The first-order valence-corrected chi connectivity index (χ1v) is 11.9. The van der Waals surface area contributed by atoms with Crippen LogP contribution < -0.4 is 10.3 Å². The average Bonchev–Trinajstić information content (AvgIpc) is 2.64. The zero-order valence-corrected chi connectivity index (χ0v) is 17.7. The van der Waals surface area contributed by atoms with Gasteiger partial charge in [0.25, 0.3) is 5.56 Å². The summed E-state index contributed by atoms with van der Waals surface area (Å²) in [6.45, 7) is 3.99. The van der Waals surface area contributed by atoms with Crippen LogP contribution in [0.3, 0.4) is 0 Å². The molecule has 0 amide bonds. The molecule has 1 saturated carbocycles. The molecule has 0 aromatic carbocycles. The topological polar surface area (TPSA) is 77.4 Å². The highest BCUT2D eigenvalue weighted by atomic mass is 32.2. The normalized spacial score (nSPS) is 27.5. The standard InChI is InChI=1S/C21H30N2O4S/c1-4-5-16-7-11-18(12-8-16)27-14-20-19(22-28(3,25)26)13-10-17-9-6-15(2)21(24)23(17)20/h6,9,16,18-20,22H,7-8,10-14H2,1-3H3/t16?,18?,19-,20+/m0/s1. The Hall–Kier alpha value is -1.62. The smallest absolute Gasteiger partial charge is 0.254 e. The molecule has 2 heterocycles. The number of ether oxygens (including phenoxy) is 1. The van der Waals surface area contributed by atoms with Crippen molar-refractivity contribution in [1.29, 1.82) is 0 Å². The van der Waals surface area contributed by atoms with Gasteiger partial charge in [-0.3, -0.25) is 4.79 Å². The Morgan fingerprint density at radius 3 is 2.57 bits per heavy atom. The minimum absolute atomic E-state index is 0.0620. The van der Waals surface area contributed by atoms with Crippen LogP contribution in [0, 0.1) is 24.7 Å². The molecule has 0 bridgehead atoms. The Bertz CT molecular complexity index is 918. The summed E-state index contributed by atoms with van der Waals surface area (Å²) in [4.78, 5) is 12.8. The van der Waals surface area contributed by atoms with E-state index in [4.69, 9.17) is 4.74 Å². The molecule has 28 heavy (non-hydrogen) atoms. The van der Waals surface area contributed by atoms with E-state index in [9.17, 15) is 13.2 Å². The van der Waals surface area contributed by atoms with Gasteiger partial charge in [0.1, 0.15) is 0 Å². The van der Waals surface area contributed by atoms with E-state index in [1.54, 1.807) is 11.5 Å². The van der Waals surface area contributed by atoms with Gasteiger partial charge in [-0.05, 0) is 58.4 Å². The number of sulfonamides is 1. The molecule has 3 rings (SSSR count). The molecule has 0 spiro atoms. The van der Waals surface area contributed by atoms with Crippen molar-refractivity contribution in [1.82, 2.24) is 9.29 Å². The summed E-state index contributed by atoms with van der Waals surface area (Å²) in [7, 11) is -3.38. The van der Waals surface area contributed by atoms with Gasteiger partial charge < -0.3 is 9.30 Å². The third kappa shape index (κ3) is 5.05. The summed E-state index contributed by atoms with van der Waals surface area (Å²) in [5.41, 5.74) is 1.54. The van der Waals surface area contributed by atoms with Crippen LogP contribution in [-0.4, -0.2) is 38.0 Å². The summed E-state index contributed by atoms with van der Waals surface area (Å²) in [6.07, 6.45) is 6.57.